The van der Waals surface area contributed by atoms with E-state index in [0.29, 0.717) is 0 Å². The summed E-state index contributed by atoms with van der Waals surface area (Å²) in [6, 6.07) is 0.782. The fraction of sp³-hybridized carbons (Fsp3) is 0.167. The Bertz CT molecular complexity index is 300. The van der Waals surface area contributed by atoms with Crippen LogP contribution in [0.5, 0.6) is 0 Å². The van der Waals surface area contributed by atoms with Crippen molar-refractivity contribution in [1.29, 1.82) is 0 Å². The summed E-state index contributed by atoms with van der Waals surface area (Å²) in [7, 11) is 0. The van der Waals surface area contributed by atoms with Crippen LogP contribution in [0.2, 0.25) is 0 Å². The fourth-order valence-corrected chi connectivity index (χ4v) is 1.11. The van der Waals surface area contributed by atoms with Crippen LogP contribution in [0.25, 0.3) is 0 Å². The van der Waals surface area contributed by atoms with E-state index in [1.807, 2.05) is 0 Å². The number of halogens is 5. The van der Waals surface area contributed by atoms with Crippen LogP contribution in [0.3, 0.4) is 0 Å². The van der Waals surface area contributed by atoms with E-state index in [2.05, 4.69) is 20.9 Å². The molecule has 0 unspecified atom stereocenters. The standard InChI is InChI=1S/C6H4BrF3N2.BrH/c7-4-2-12-5(11)1-3(4)6(8,9)10;/h1-2H,(H2,11,12);1H. The number of nitrogens with two attached hydrogens (primary N) is 1. The van der Waals surface area contributed by atoms with E-state index in [1.54, 1.807) is 0 Å². The van der Waals surface area contributed by atoms with Gasteiger partial charge in [0, 0.05) is 10.7 Å². The largest absolute Gasteiger partial charge is 0.417 e. The monoisotopic (exact) mass is 320 g/mol. The van der Waals surface area contributed by atoms with E-state index in [-0.39, 0.29) is 27.3 Å². The van der Waals surface area contributed by atoms with Gasteiger partial charge < -0.3 is 5.73 Å². The minimum Gasteiger partial charge on any atom is -0.384 e. The maximum absolute atomic E-state index is 12.1. The van der Waals surface area contributed by atoms with Gasteiger partial charge >= 0.3 is 6.18 Å². The van der Waals surface area contributed by atoms with Crippen LogP contribution < -0.4 is 5.73 Å². The first-order valence-corrected chi connectivity index (χ1v) is 3.69. The second-order valence-electron chi connectivity index (χ2n) is 2.09. The second kappa shape index (κ2) is 4.28. The van der Waals surface area contributed by atoms with E-state index < -0.39 is 11.7 Å². The summed E-state index contributed by atoms with van der Waals surface area (Å²) in [6.45, 7) is 0. The number of hydrogen-bond donors (Lipinski definition) is 1. The summed E-state index contributed by atoms with van der Waals surface area (Å²) >= 11 is 2.73. The van der Waals surface area contributed by atoms with Crippen molar-refractivity contribution in [3.63, 3.8) is 0 Å². The maximum atomic E-state index is 12.1. The Balaban J connectivity index is 0.00000144. The molecule has 2 N–H and O–H groups in total. The van der Waals surface area contributed by atoms with Crippen molar-refractivity contribution in [2.75, 3.05) is 5.73 Å². The zero-order chi connectivity index (χ0) is 9.35. The first-order chi connectivity index (χ1) is 5.41. The van der Waals surface area contributed by atoms with Crippen LogP contribution in [0.4, 0.5) is 19.0 Å². The van der Waals surface area contributed by atoms with Crippen LogP contribution in [0.15, 0.2) is 16.7 Å². The number of hydrogen-bond acceptors (Lipinski definition) is 2. The van der Waals surface area contributed by atoms with E-state index in [0.717, 1.165) is 12.3 Å². The van der Waals surface area contributed by atoms with Crippen molar-refractivity contribution in [1.82, 2.24) is 4.98 Å². The Labute approximate surface area is 91.2 Å². The van der Waals surface area contributed by atoms with Gasteiger partial charge in [-0.1, -0.05) is 0 Å². The number of alkyl halides is 3. The Kier molecular flexibility index (Phi) is 4.18. The molecule has 0 aliphatic heterocycles. The van der Waals surface area contributed by atoms with Crippen molar-refractivity contribution in [2.24, 2.45) is 0 Å². The van der Waals surface area contributed by atoms with Crippen LogP contribution in [0, 0.1) is 0 Å². The molecule has 0 atom stereocenters. The molecule has 0 aromatic carbocycles. The summed E-state index contributed by atoms with van der Waals surface area (Å²) in [5.41, 5.74) is 4.28. The third-order valence-electron chi connectivity index (χ3n) is 1.18. The van der Waals surface area contributed by atoms with Gasteiger partial charge in [0.15, 0.2) is 0 Å². The molecule has 7 heteroatoms. The number of rotatable bonds is 0. The van der Waals surface area contributed by atoms with Crippen molar-refractivity contribution >= 4 is 38.7 Å². The van der Waals surface area contributed by atoms with Gasteiger partial charge in [-0.25, -0.2) is 4.98 Å². The second-order valence-corrected chi connectivity index (χ2v) is 2.94. The number of anilines is 1. The van der Waals surface area contributed by atoms with Gasteiger partial charge in [0.05, 0.1) is 5.56 Å². The average Bonchev–Trinajstić information content (AvgIpc) is 1.92. The maximum Gasteiger partial charge on any atom is 0.417 e. The van der Waals surface area contributed by atoms with Crippen LogP contribution in [-0.4, -0.2) is 4.98 Å². The molecule has 0 aliphatic rings. The van der Waals surface area contributed by atoms with Gasteiger partial charge in [0.25, 0.3) is 0 Å². The molecule has 1 heterocycles. The zero-order valence-corrected chi connectivity index (χ0v) is 9.40. The Morgan fingerprint density at radius 1 is 1.38 bits per heavy atom. The first kappa shape index (κ1) is 12.7. The number of aromatic nitrogens is 1. The normalized spacial score (nSPS) is 10.8. The van der Waals surface area contributed by atoms with E-state index in [1.165, 1.54) is 0 Å². The number of nitrogen functional groups attached to an aromatic ring is 1. The topological polar surface area (TPSA) is 38.9 Å². The Morgan fingerprint density at radius 3 is 2.31 bits per heavy atom. The average molecular weight is 322 g/mol. The molecule has 1 rings (SSSR count). The number of nitrogens with zero attached hydrogens (tertiary/aromatic N) is 1. The predicted molar refractivity (Wildman–Crippen MR) is 51.7 cm³/mol. The molecule has 1 aromatic heterocycles. The van der Waals surface area contributed by atoms with E-state index >= 15 is 0 Å². The SMILES string of the molecule is Br.Nc1cc(C(F)(F)F)c(Br)cn1. The minimum absolute atomic E-state index is 0. The quantitative estimate of drug-likeness (QED) is 0.797. The van der Waals surface area contributed by atoms with Crippen molar-refractivity contribution in [3.8, 4) is 0 Å². The van der Waals surface area contributed by atoms with Crippen LogP contribution in [-0.2, 0) is 6.18 Å². The van der Waals surface area contributed by atoms with E-state index in [9.17, 15) is 13.2 Å². The lowest BCUT2D eigenvalue weighted by molar-refractivity contribution is -0.138. The summed E-state index contributed by atoms with van der Waals surface area (Å²) < 4.78 is 36.2. The minimum atomic E-state index is -4.39. The summed E-state index contributed by atoms with van der Waals surface area (Å²) in [5, 5.41) is 0. The molecule has 0 spiro atoms. The lowest BCUT2D eigenvalue weighted by Gasteiger charge is -2.08. The van der Waals surface area contributed by atoms with E-state index in [4.69, 9.17) is 5.73 Å². The third kappa shape index (κ3) is 3.15. The van der Waals surface area contributed by atoms with Crippen molar-refractivity contribution in [3.05, 3.63) is 22.3 Å². The molecule has 0 amide bonds. The smallest absolute Gasteiger partial charge is 0.384 e. The molecular weight excluding hydrogens is 317 g/mol. The first-order valence-electron chi connectivity index (χ1n) is 2.89. The van der Waals surface area contributed by atoms with Crippen LogP contribution >= 0.6 is 32.9 Å². The lowest BCUT2D eigenvalue weighted by Crippen LogP contribution is -2.07. The molecule has 2 nitrogen and oxygen atoms in total. The molecule has 0 fully saturated rings. The highest BCUT2D eigenvalue weighted by molar-refractivity contribution is 9.10. The lowest BCUT2D eigenvalue weighted by atomic mass is 10.2. The molecule has 0 bridgehead atoms. The highest BCUT2D eigenvalue weighted by Crippen LogP contribution is 2.34. The van der Waals surface area contributed by atoms with Crippen LogP contribution in [0.1, 0.15) is 5.56 Å². The van der Waals surface area contributed by atoms with Gasteiger partial charge in [-0.15, -0.1) is 17.0 Å². The molecule has 0 saturated carbocycles. The Morgan fingerprint density at radius 2 is 1.92 bits per heavy atom. The molecule has 1 aromatic rings. The molecule has 74 valence electrons. The van der Waals surface area contributed by atoms with Gasteiger partial charge in [0.1, 0.15) is 5.82 Å². The highest BCUT2D eigenvalue weighted by atomic mass is 79.9. The van der Waals surface area contributed by atoms with Gasteiger partial charge in [-0.3, -0.25) is 0 Å². The molecule has 0 aliphatic carbocycles. The van der Waals surface area contributed by atoms with Crippen molar-refractivity contribution in [2.45, 2.75) is 6.18 Å². The van der Waals surface area contributed by atoms with Gasteiger partial charge in [-0.05, 0) is 22.0 Å². The number of pyridine rings is 1. The molecular formula is C6H5Br2F3N2. The van der Waals surface area contributed by atoms with Crippen molar-refractivity contribution < 1.29 is 13.2 Å². The predicted octanol–water partition coefficient (Wildman–Crippen LogP) is 3.02. The van der Waals surface area contributed by atoms with Gasteiger partial charge in [0.2, 0.25) is 0 Å². The summed E-state index contributed by atoms with van der Waals surface area (Å²) in [5.74, 6) is -0.148. The molecule has 13 heavy (non-hydrogen) atoms. The third-order valence-corrected chi connectivity index (χ3v) is 1.81. The summed E-state index contributed by atoms with van der Waals surface area (Å²) in [6.07, 6.45) is -3.37. The fourth-order valence-electron chi connectivity index (χ4n) is 0.672. The molecule has 0 radical (unpaired) electrons. The highest BCUT2D eigenvalue weighted by Gasteiger charge is 2.33. The zero-order valence-electron chi connectivity index (χ0n) is 6.10. The van der Waals surface area contributed by atoms with Gasteiger partial charge in [-0.2, -0.15) is 13.2 Å². The summed E-state index contributed by atoms with van der Waals surface area (Å²) in [4.78, 5) is 3.48. The molecule has 0 saturated heterocycles. The Hall–Kier alpha value is -0.300.